The Kier molecular flexibility index (Phi) is 5.62. The van der Waals surface area contributed by atoms with Crippen LogP contribution in [0.3, 0.4) is 0 Å². The summed E-state index contributed by atoms with van der Waals surface area (Å²) in [6, 6.07) is 8.13. The van der Waals surface area contributed by atoms with Crippen LogP contribution in [0.4, 0.5) is 4.79 Å². The lowest BCUT2D eigenvalue weighted by atomic mass is 9.82. The molecule has 2 aromatic rings. The molecule has 148 valence electrons. The minimum Gasteiger partial charge on any atom is -0.450 e. The molecule has 2 aliphatic rings. The Morgan fingerprint density at radius 3 is 2.57 bits per heavy atom. The van der Waals surface area contributed by atoms with Gasteiger partial charge in [0.05, 0.1) is 27.7 Å². The van der Waals surface area contributed by atoms with Crippen LogP contribution < -0.4 is 0 Å². The molecule has 2 atom stereocenters. The van der Waals surface area contributed by atoms with Gasteiger partial charge in [-0.1, -0.05) is 24.3 Å². The summed E-state index contributed by atoms with van der Waals surface area (Å²) in [6.45, 7) is 4.35. The first-order valence-electron chi connectivity index (χ1n) is 9.88. The molecule has 0 spiro atoms. The summed E-state index contributed by atoms with van der Waals surface area (Å²) in [4.78, 5) is 33.6. The fourth-order valence-electron chi connectivity index (χ4n) is 3.97. The summed E-state index contributed by atoms with van der Waals surface area (Å²) in [7, 11) is 0. The van der Waals surface area contributed by atoms with Gasteiger partial charge in [-0.2, -0.15) is 0 Å². The number of nitrogens with zero attached hydrogens (tertiary/aromatic N) is 3. The highest BCUT2D eigenvalue weighted by Crippen LogP contribution is 2.39. The largest absolute Gasteiger partial charge is 0.450 e. The van der Waals surface area contributed by atoms with Gasteiger partial charge in [0.25, 0.3) is 0 Å². The first-order valence-corrected chi connectivity index (χ1v) is 10.7. The van der Waals surface area contributed by atoms with E-state index < -0.39 is 0 Å². The highest BCUT2D eigenvalue weighted by atomic mass is 32.1. The summed E-state index contributed by atoms with van der Waals surface area (Å²) >= 11 is 1.70. The van der Waals surface area contributed by atoms with E-state index in [4.69, 9.17) is 9.72 Å². The summed E-state index contributed by atoms with van der Waals surface area (Å²) in [5, 5.41) is 1.05. The van der Waals surface area contributed by atoms with E-state index in [0.717, 1.165) is 23.4 Å². The van der Waals surface area contributed by atoms with Crippen LogP contribution in [-0.2, 0) is 9.53 Å². The number of piperazine rings is 1. The standard InChI is InChI=1S/C21H25N3O3S/c1-2-27-21(26)24-13-11-23(12-14-24)20(25)16-8-4-3-7-15(16)19-22-17-9-5-6-10-18(17)28-19/h3-6,9-10,15-16H,2,7-8,11-14H2,1H3. The number of thiazole rings is 1. The van der Waals surface area contributed by atoms with Crippen LogP contribution in [0.15, 0.2) is 36.4 Å². The maximum absolute atomic E-state index is 13.3. The number of para-hydroxylation sites is 1. The molecule has 1 fully saturated rings. The monoisotopic (exact) mass is 399 g/mol. The van der Waals surface area contributed by atoms with E-state index in [9.17, 15) is 9.59 Å². The lowest BCUT2D eigenvalue weighted by Crippen LogP contribution is -2.52. The van der Waals surface area contributed by atoms with Gasteiger partial charge in [0, 0.05) is 32.1 Å². The smallest absolute Gasteiger partial charge is 0.409 e. The zero-order valence-corrected chi connectivity index (χ0v) is 16.9. The number of fused-ring (bicyclic) bond motifs is 1. The van der Waals surface area contributed by atoms with E-state index in [0.29, 0.717) is 32.8 Å². The molecule has 1 aromatic heterocycles. The molecule has 1 saturated heterocycles. The molecule has 0 saturated carbocycles. The predicted molar refractivity (Wildman–Crippen MR) is 109 cm³/mol. The highest BCUT2D eigenvalue weighted by Gasteiger charge is 2.36. The summed E-state index contributed by atoms with van der Waals surface area (Å²) in [5.74, 6) is 0.217. The molecule has 2 unspecified atom stereocenters. The summed E-state index contributed by atoms with van der Waals surface area (Å²) in [5.41, 5.74) is 1.01. The van der Waals surface area contributed by atoms with Crippen molar-refractivity contribution in [1.29, 1.82) is 0 Å². The zero-order valence-electron chi connectivity index (χ0n) is 16.0. The van der Waals surface area contributed by atoms with E-state index in [1.165, 1.54) is 4.70 Å². The zero-order chi connectivity index (χ0) is 19.5. The number of hydrogen-bond donors (Lipinski definition) is 0. The second kappa shape index (κ2) is 8.31. The van der Waals surface area contributed by atoms with Crippen molar-refractivity contribution < 1.29 is 14.3 Å². The minimum atomic E-state index is -0.289. The third-order valence-electron chi connectivity index (χ3n) is 5.49. The van der Waals surface area contributed by atoms with E-state index in [-0.39, 0.29) is 23.8 Å². The van der Waals surface area contributed by atoms with Crippen molar-refractivity contribution in [2.45, 2.75) is 25.7 Å². The Morgan fingerprint density at radius 1 is 1.11 bits per heavy atom. The average molecular weight is 400 g/mol. The van der Waals surface area contributed by atoms with Crippen molar-refractivity contribution in [2.75, 3.05) is 32.8 Å². The van der Waals surface area contributed by atoms with Crippen molar-refractivity contribution in [3.63, 3.8) is 0 Å². The molecule has 7 heteroatoms. The van der Waals surface area contributed by atoms with Crippen LogP contribution in [0.2, 0.25) is 0 Å². The number of carbonyl (C=O) groups is 2. The molecule has 0 radical (unpaired) electrons. The fraction of sp³-hybridized carbons (Fsp3) is 0.476. The van der Waals surface area contributed by atoms with Gasteiger partial charge in [-0.15, -0.1) is 11.3 Å². The third kappa shape index (κ3) is 3.76. The second-order valence-corrected chi connectivity index (χ2v) is 8.25. The number of allylic oxidation sites excluding steroid dienone is 2. The van der Waals surface area contributed by atoms with Gasteiger partial charge in [0.15, 0.2) is 0 Å². The minimum absolute atomic E-state index is 0.0836. The Hall–Kier alpha value is -2.41. The number of amides is 2. The van der Waals surface area contributed by atoms with Crippen LogP contribution in [0.25, 0.3) is 10.2 Å². The summed E-state index contributed by atoms with van der Waals surface area (Å²) in [6.07, 6.45) is 5.58. The van der Waals surface area contributed by atoms with Crippen LogP contribution in [-0.4, -0.2) is 59.6 Å². The predicted octanol–water partition coefficient (Wildman–Crippen LogP) is 3.65. The van der Waals surface area contributed by atoms with E-state index >= 15 is 0 Å². The van der Waals surface area contributed by atoms with Gasteiger partial charge in [0.2, 0.25) is 5.91 Å². The number of hydrogen-bond acceptors (Lipinski definition) is 5. The quantitative estimate of drug-likeness (QED) is 0.739. The maximum atomic E-state index is 13.3. The first-order chi connectivity index (χ1) is 13.7. The lowest BCUT2D eigenvalue weighted by Gasteiger charge is -2.37. The number of benzene rings is 1. The average Bonchev–Trinajstić information content (AvgIpc) is 3.18. The van der Waals surface area contributed by atoms with Crippen LogP contribution >= 0.6 is 11.3 Å². The Morgan fingerprint density at radius 2 is 1.82 bits per heavy atom. The number of ether oxygens (including phenoxy) is 1. The molecule has 0 bridgehead atoms. The third-order valence-corrected chi connectivity index (χ3v) is 6.66. The normalized spacial score (nSPS) is 22.5. The van der Waals surface area contributed by atoms with Gasteiger partial charge in [-0.3, -0.25) is 4.79 Å². The Labute approximate surface area is 168 Å². The molecule has 6 nitrogen and oxygen atoms in total. The SMILES string of the molecule is CCOC(=O)N1CCN(C(=O)C2CC=CCC2c2nc3ccccc3s2)CC1. The van der Waals surface area contributed by atoms with Gasteiger partial charge in [0.1, 0.15) is 0 Å². The van der Waals surface area contributed by atoms with Crippen molar-refractivity contribution in [1.82, 2.24) is 14.8 Å². The van der Waals surface area contributed by atoms with Crippen molar-refractivity contribution in [3.8, 4) is 0 Å². The van der Waals surface area contributed by atoms with Crippen LogP contribution in [0.5, 0.6) is 0 Å². The molecule has 1 aromatic carbocycles. The number of carbonyl (C=O) groups excluding carboxylic acids is 2. The van der Waals surface area contributed by atoms with Crippen LogP contribution in [0, 0.1) is 5.92 Å². The second-order valence-electron chi connectivity index (χ2n) is 7.19. The Balaban J connectivity index is 1.47. The van der Waals surface area contributed by atoms with E-state index in [1.54, 1.807) is 23.2 Å². The van der Waals surface area contributed by atoms with Crippen LogP contribution in [0.1, 0.15) is 30.7 Å². The molecule has 2 heterocycles. The molecule has 4 rings (SSSR count). The molecular formula is C21H25N3O3S. The number of aromatic nitrogens is 1. The summed E-state index contributed by atoms with van der Waals surface area (Å²) < 4.78 is 6.23. The van der Waals surface area contributed by atoms with Crippen molar-refractivity contribution >= 4 is 33.6 Å². The topological polar surface area (TPSA) is 62.7 Å². The molecule has 2 amide bonds. The molecule has 28 heavy (non-hydrogen) atoms. The highest BCUT2D eigenvalue weighted by molar-refractivity contribution is 7.18. The fourth-order valence-corrected chi connectivity index (χ4v) is 5.11. The number of rotatable bonds is 3. The van der Waals surface area contributed by atoms with Gasteiger partial charge in [-0.05, 0) is 31.9 Å². The lowest BCUT2D eigenvalue weighted by molar-refractivity contribution is -0.138. The molecule has 1 aliphatic heterocycles. The van der Waals surface area contributed by atoms with Gasteiger partial charge >= 0.3 is 6.09 Å². The van der Waals surface area contributed by atoms with E-state index in [1.807, 2.05) is 23.1 Å². The Bertz CT molecular complexity index is 853. The maximum Gasteiger partial charge on any atom is 0.409 e. The molecule has 1 aliphatic carbocycles. The van der Waals surface area contributed by atoms with Crippen molar-refractivity contribution in [2.24, 2.45) is 5.92 Å². The first kappa shape index (κ1) is 18.9. The van der Waals surface area contributed by atoms with Gasteiger partial charge in [-0.25, -0.2) is 9.78 Å². The van der Waals surface area contributed by atoms with Gasteiger partial charge < -0.3 is 14.5 Å². The van der Waals surface area contributed by atoms with Crippen molar-refractivity contribution in [3.05, 3.63) is 41.4 Å². The van der Waals surface area contributed by atoms with E-state index in [2.05, 4.69) is 18.2 Å². The molecular weight excluding hydrogens is 374 g/mol. The molecule has 0 N–H and O–H groups in total.